The summed E-state index contributed by atoms with van der Waals surface area (Å²) in [7, 11) is 0. The molecule has 4 heteroatoms. The summed E-state index contributed by atoms with van der Waals surface area (Å²) in [6.45, 7) is 4.46. The number of aryl methyl sites for hydroxylation is 1. The molecule has 1 saturated heterocycles. The van der Waals surface area contributed by atoms with Gasteiger partial charge in [-0.05, 0) is 6.92 Å². The summed E-state index contributed by atoms with van der Waals surface area (Å²) < 4.78 is 2.08. The van der Waals surface area contributed by atoms with Gasteiger partial charge in [0.15, 0.2) is 0 Å². The molecule has 1 N–H and O–H groups in total. The monoisotopic (exact) mass is 167 g/mol. The number of hydrogen-bond donors (Lipinski definition) is 1. The average molecular weight is 167 g/mol. The summed E-state index contributed by atoms with van der Waals surface area (Å²) in [5.74, 6) is 0.975. The lowest BCUT2D eigenvalue weighted by Gasteiger charge is -2.36. The number of imidazole rings is 1. The first kappa shape index (κ1) is 7.61. The predicted molar refractivity (Wildman–Crippen MR) is 46.1 cm³/mol. The first-order valence-electron chi connectivity index (χ1n) is 4.25. The molecule has 0 aromatic carbocycles. The smallest absolute Gasteiger partial charge is 0.205 e. The Hall–Kier alpha value is -1.03. The average Bonchev–Trinajstić information content (AvgIpc) is 2.45. The van der Waals surface area contributed by atoms with E-state index in [9.17, 15) is 0 Å². The minimum atomic E-state index is -0.160. The van der Waals surface area contributed by atoms with Gasteiger partial charge in [0.1, 0.15) is 0 Å². The highest BCUT2D eigenvalue weighted by Gasteiger charge is 2.27. The highest BCUT2D eigenvalue weighted by atomic mass is 16.3. The van der Waals surface area contributed by atoms with Gasteiger partial charge in [0.25, 0.3) is 0 Å². The maximum atomic E-state index is 9.10. The second kappa shape index (κ2) is 2.79. The molecular weight excluding hydrogens is 154 g/mol. The maximum absolute atomic E-state index is 9.10. The zero-order valence-corrected chi connectivity index (χ0v) is 7.14. The molecule has 0 radical (unpaired) electrons. The van der Waals surface area contributed by atoms with Crippen molar-refractivity contribution in [3.63, 3.8) is 0 Å². The van der Waals surface area contributed by atoms with Crippen molar-refractivity contribution in [2.24, 2.45) is 0 Å². The third-order valence-corrected chi connectivity index (χ3v) is 2.18. The number of hydrogen-bond acceptors (Lipinski definition) is 3. The van der Waals surface area contributed by atoms with Crippen LogP contribution < -0.4 is 4.90 Å². The third-order valence-electron chi connectivity index (χ3n) is 2.18. The molecule has 2 rings (SSSR count). The zero-order chi connectivity index (χ0) is 8.55. The second-order valence-corrected chi connectivity index (χ2v) is 3.07. The first-order valence-corrected chi connectivity index (χ1v) is 4.25. The molecule has 0 saturated carbocycles. The van der Waals surface area contributed by atoms with Crippen molar-refractivity contribution >= 4 is 5.95 Å². The molecule has 2 heterocycles. The Morgan fingerprint density at radius 1 is 1.67 bits per heavy atom. The van der Waals surface area contributed by atoms with Gasteiger partial charge in [-0.2, -0.15) is 0 Å². The quantitative estimate of drug-likeness (QED) is 0.678. The van der Waals surface area contributed by atoms with Gasteiger partial charge in [0.2, 0.25) is 5.95 Å². The van der Waals surface area contributed by atoms with E-state index in [0.717, 1.165) is 25.6 Å². The van der Waals surface area contributed by atoms with Crippen LogP contribution in [0.25, 0.3) is 0 Å². The van der Waals surface area contributed by atoms with Crippen molar-refractivity contribution in [1.29, 1.82) is 0 Å². The van der Waals surface area contributed by atoms with Gasteiger partial charge >= 0.3 is 0 Å². The van der Waals surface area contributed by atoms with Crippen LogP contribution in [0.5, 0.6) is 0 Å². The predicted octanol–water partition coefficient (Wildman–Crippen LogP) is 0.0839. The number of nitrogens with zero attached hydrogens (tertiary/aromatic N) is 3. The van der Waals surface area contributed by atoms with Crippen LogP contribution in [0.3, 0.4) is 0 Å². The molecule has 66 valence electrons. The fourth-order valence-corrected chi connectivity index (χ4v) is 1.45. The van der Waals surface area contributed by atoms with Gasteiger partial charge in [0.05, 0.1) is 6.10 Å². The maximum Gasteiger partial charge on any atom is 0.205 e. The molecule has 0 unspecified atom stereocenters. The van der Waals surface area contributed by atoms with E-state index in [0.29, 0.717) is 0 Å². The molecule has 0 spiro atoms. The van der Waals surface area contributed by atoms with Crippen molar-refractivity contribution in [2.75, 3.05) is 18.0 Å². The lowest BCUT2D eigenvalue weighted by atomic mass is 10.2. The molecule has 1 aliphatic heterocycles. The van der Waals surface area contributed by atoms with Crippen LogP contribution in [0.2, 0.25) is 0 Å². The second-order valence-electron chi connectivity index (χ2n) is 3.07. The topological polar surface area (TPSA) is 41.3 Å². The van der Waals surface area contributed by atoms with Crippen molar-refractivity contribution in [1.82, 2.24) is 9.55 Å². The molecule has 0 bridgehead atoms. The van der Waals surface area contributed by atoms with Crippen LogP contribution in [-0.4, -0.2) is 33.9 Å². The molecule has 0 amide bonds. The zero-order valence-electron chi connectivity index (χ0n) is 7.14. The molecular formula is C8H13N3O. The van der Waals surface area contributed by atoms with Gasteiger partial charge in [-0.1, -0.05) is 0 Å². The van der Waals surface area contributed by atoms with Crippen molar-refractivity contribution in [3.8, 4) is 0 Å². The van der Waals surface area contributed by atoms with Crippen molar-refractivity contribution in [2.45, 2.75) is 19.6 Å². The lowest BCUT2D eigenvalue weighted by molar-refractivity contribution is 0.140. The summed E-state index contributed by atoms with van der Waals surface area (Å²) in [4.78, 5) is 6.30. The number of rotatable bonds is 2. The van der Waals surface area contributed by atoms with Gasteiger partial charge in [-0.15, -0.1) is 0 Å². The van der Waals surface area contributed by atoms with E-state index in [1.165, 1.54) is 0 Å². The Labute approximate surface area is 71.4 Å². The van der Waals surface area contributed by atoms with Crippen LogP contribution in [0.1, 0.15) is 6.92 Å². The largest absolute Gasteiger partial charge is 0.389 e. The van der Waals surface area contributed by atoms with E-state index in [-0.39, 0.29) is 6.10 Å². The van der Waals surface area contributed by atoms with Crippen LogP contribution in [0.4, 0.5) is 5.95 Å². The molecule has 1 fully saturated rings. The summed E-state index contributed by atoms with van der Waals surface area (Å²) in [6, 6.07) is 0. The Bertz CT molecular complexity index is 265. The fraction of sp³-hybridized carbons (Fsp3) is 0.625. The Balaban J connectivity index is 2.12. The minimum absolute atomic E-state index is 0.160. The van der Waals surface area contributed by atoms with E-state index < -0.39 is 0 Å². The van der Waals surface area contributed by atoms with E-state index in [1.54, 1.807) is 6.20 Å². The fourth-order valence-electron chi connectivity index (χ4n) is 1.45. The number of aromatic nitrogens is 2. The Morgan fingerprint density at radius 3 is 3.00 bits per heavy atom. The van der Waals surface area contributed by atoms with Crippen molar-refractivity contribution in [3.05, 3.63) is 12.4 Å². The molecule has 1 aromatic heterocycles. The lowest BCUT2D eigenvalue weighted by Crippen LogP contribution is -2.51. The molecule has 0 atom stereocenters. The SMILES string of the molecule is CCn1ccnc1N1CC(O)C1. The van der Waals surface area contributed by atoms with Gasteiger partial charge in [-0.25, -0.2) is 4.98 Å². The van der Waals surface area contributed by atoms with Gasteiger partial charge in [-0.3, -0.25) is 0 Å². The summed E-state index contributed by atoms with van der Waals surface area (Å²) >= 11 is 0. The molecule has 12 heavy (non-hydrogen) atoms. The van der Waals surface area contributed by atoms with Crippen molar-refractivity contribution < 1.29 is 5.11 Å². The summed E-state index contributed by atoms with van der Waals surface area (Å²) in [5.41, 5.74) is 0. The number of aliphatic hydroxyl groups is 1. The van der Waals surface area contributed by atoms with E-state index in [1.807, 2.05) is 6.20 Å². The standard InChI is InChI=1S/C8H13N3O/c1-2-10-4-3-9-8(10)11-5-7(12)6-11/h3-4,7,12H,2,5-6H2,1H3. The molecule has 4 nitrogen and oxygen atoms in total. The number of β-amino-alcohol motifs (C(OH)–C–C–N with tert-alkyl or cyclic N) is 1. The van der Waals surface area contributed by atoms with Gasteiger partial charge < -0.3 is 14.6 Å². The van der Waals surface area contributed by atoms with Crippen LogP contribution in [0.15, 0.2) is 12.4 Å². The van der Waals surface area contributed by atoms with E-state index >= 15 is 0 Å². The molecule has 0 aliphatic carbocycles. The van der Waals surface area contributed by atoms with Crippen LogP contribution >= 0.6 is 0 Å². The van der Waals surface area contributed by atoms with Gasteiger partial charge in [0, 0.05) is 32.0 Å². The summed E-state index contributed by atoms with van der Waals surface area (Å²) in [6.07, 6.45) is 3.59. The Morgan fingerprint density at radius 2 is 2.42 bits per heavy atom. The van der Waals surface area contributed by atoms with E-state index in [2.05, 4.69) is 21.4 Å². The van der Waals surface area contributed by atoms with Crippen LogP contribution in [0, 0.1) is 0 Å². The van der Waals surface area contributed by atoms with Crippen LogP contribution in [-0.2, 0) is 6.54 Å². The summed E-state index contributed by atoms with van der Waals surface area (Å²) in [5, 5.41) is 9.10. The minimum Gasteiger partial charge on any atom is -0.389 e. The first-order chi connectivity index (χ1) is 5.81. The Kier molecular flexibility index (Phi) is 1.77. The molecule has 1 aliphatic rings. The van der Waals surface area contributed by atoms with E-state index in [4.69, 9.17) is 5.11 Å². The number of anilines is 1. The normalized spacial score (nSPS) is 18.0. The number of aliphatic hydroxyl groups excluding tert-OH is 1. The molecule has 1 aromatic rings. The third kappa shape index (κ3) is 1.08. The highest BCUT2D eigenvalue weighted by Crippen LogP contribution is 2.18. The highest BCUT2D eigenvalue weighted by molar-refractivity contribution is 5.35.